The van der Waals surface area contributed by atoms with Gasteiger partial charge in [-0.05, 0) is 37.6 Å². The van der Waals surface area contributed by atoms with Gasteiger partial charge in [-0.25, -0.2) is 8.42 Å². The van der Waals surface area contributed by atoms with E-state index in [4.69, 9.17) is 0 Å². The molecule has 1 fully saturated rings. The largest absolute Gasteiger partial charge is 0.313 e. The summed E-state index contributed by atoms with van der Waals surface area (Å²) in [7, 11) is -1.20. The number of rotatable bonds is 3. The molecule has 1 aromatic rings. The predicted octanol–water partition coefficient (Wildman–Crippen LogP) is 1.75. The van der Waals surface area contributed by atoms with E-state index in [1.54, 1.807) is 0 Å². The summed E-state index contributed by atoms with van der Waals surface area (Å²) in [5.41, 5.74) is 1.93. The highest BCUT2D eigenvalue weighted by Crippen LogP contribution is 2.27. The average Bonchev–Trinajstić information content (AvgIpc) is 2.61. The fourth-order valence-electron chi connectivity index (χ4n) is 2.26. The Bertz CT molecular complexity index is 510. The van der Waals surface area contributed by atoms with Gasteiger partial charge in [-0.1, -0.05) is 19.1 Å². The zero-order valence-corrected chi connectivity index (χ0v) is 11.9. The van der Waals surface area contributed by atoms with Crippen LogP contribution in [-0.2, 0) is 10.0 Å². The van der Waals surface area contributed by atoms with Gasteiger partial charge in [-0.3, -0.25) is 4.31 Å². The molecule has 100 valence electrons. The fourth-order valence-corrected chi connectivity index (χ4v) is 4.19. The lowest BCUT2D eigenvalue weighted by Gasteiger charge is -2.18. The van der Waals surface area contributed by atoms with Crippen LogP contribution in [-0.4, -0.2) is 27.8 Å². The molecule has 0 amide bonds. The average molecular weight is 268 g/mol. The van der Waals surface area contributed by atoms with E-state index in [0.717, 1.165) is 11.3 Å². The summed E-state index contributed by atoms with van der Waals surface area (Å²) in [4.78, 5) is 0. The molecule has 0 aliphatic carbocycles. The Labute approximate surface area is 109 Å². The van der Waals surface area contributed by atoms with Gasteiger partial charge in [-0.15, -0.1) is 0 Å². The van der Waals surface area contributed by atoms with Crippen LogP contribution in [0.1, 0.15) is 25.5 Å². The van der Waals surface area contributed by atoms with Gasteiger partial charge in [-0.2, -0.15) is 0 Å². The Morgan fingerprint density at radius 1 is 1.33 bits per heavy atom. The van der Waals surface area contributed by atoms with Crippen molar-refractivity contribution in [2.45, 2.75) is 19.9 Å². The third kappa shape index (κ3) is 2.52. The van der Waals surface area contributed by atoms with Crippen molar-refractivity contribution in [1.29, 1.82) is 0 Å². The first-order valence-corrected chi connectivity index (χ1v) is 7.82. The normalized spacial score (nSPS) is 24.2. The standard InChI is InChI=1S/C13H20N2O2S/c1-10-8-15(18(16,17)9-10)13-6-4-12(5-7-13)11(2)14-3/h4-7,10-11,14H,8-9H2,1-3H3. The quantitative estimate of drug-likeness (QED) is 0.908. The zero-order valence-electron chi connectivity index (χ0n) is 11.1. The molecular weight excluding hydrogens is 248 g/mol. The topological polar surface area (TPSA) is 49.4 Å². The molecule has 0 bridgehead atoms. The molecule has 2 atom stereocenters. The summed E-state index contributed by atoms with van der Waals surface area (Å²) in [6.45, 7) is 4.63. The molecule has 2 rings (SSSR count). The SMILES string of the molecule is CNC(C)c1ccc(N2CC(C)CS2(=O)=O)cc1. The molecule has 0 saturated carbocycles. The van der Waals surface area contributed by atoms with Crippen molar-refractivity contribution in [3.8, 4) is 0 Å². The highest BCUT2D eigenvalue weighted by molar-refractivity contribution is 7.93. The van der Waals surface area contributed by atoms with Crippen molar-refractivity contribution in [1.82, 2.24) is 5.32 Å². The van der Waals surface area contributed by atoms with E-state index in [0.29, 0.717) is 6.54 Å². The van der Waals surface area contributed by atoms with Crippen LogP contribution >= 0.6 is 0 Å². The summed E-state index contributed by atoms with van der Waals surface area (Å²) in [6, 6.07) is 8.01. The molecule has 1 aromatic carbocycles. The minimum absolute atomic E-state index is 0.200. The van der Waals surface area contributed by atoms with Crippen LogP contribution in [0.3, 0.4) is 0 Å². The number of sulfonamides is 1. The number of hydrogen-bond acceptors (Lipinski definition) is 3. The van der Waals surface area contributed by atoms with Gasteiger partial charge >= 0.3 is 0 Å². The van der Waals surface area contributed by atoms with Gasteiger partial charge in [0.15, 0.2) is 0 Å². The maximum absolute atomic E-state index is 12.0. The van der Waals surface area contributed by atoms with Gasteiger partial charge < -0.3 is 5.32 Å². The number of benzene rings is 1. The molecule has 0 radical (unpaired) electrons. The highest BCUT2D eigenvalue weighted by atomic mass is 32.2. The van der Waals surface area contributed by atoms with E-state index in [-0.39, 0.29) is 17.7 Å². The van der Waals surface area contributed by atoms with E-state index < -0.39 is 10.0 Å². The van der Waals surface area contributed by atoms with E-state index in [9.17, 15) is 8.42 Å². The zero-order chi connectivity index (χ0) is 13.3. The van der Waals surface area contributed by atoms with E-state index in [1.807, 2.05) is 38.2 Å². The second kappa shape index (κ2) is 4.90. The molecular formula is C13H20N2O2S. The monoisotopic (exact) mass is 268 g/mol. The van der Waals surface area contributed by atoms with Crippen LogP contribution in [0, 0.1) is 5.92 Å². The van der Waals surface area contributed by atoms with Crippen LogP contribution in [0.4, 0.5) is 5.69 Å². The summed E-state index contributed by atoms with van der Waals surface area (Å²) < 4.78 is 25.4. The molecule has 18 heavy (non-hydrogen) atoms. The summed E-state index contributed by atoms with van der Waals surface area (Å²) in [5, 5.41) is 3.16. The van der Waals surface area contributed by atoms with Gasteiger partial charge in [0.05, 0.1) is 11.4 Å². The van der Waals surface area contributed by atoms with Crippen molar-refractivity contribution in [3.63, 3.8) is 0 Å². The highest BCUT2D eigenvalue weighted by Gasteiger charge is 2.33. The number of hydrogen-bond donors (Lipinski definition) is 1. The van der Waals surface area contributed by atoms with Crippen molar-refractivity contribution >= 4 is 15.7 Å². The third-order valence-electron chi connectivity index (χ3n) is 3.42. The van der Waals surface area contributed by atoms with Crippen molar-refractivity contribution in [2.24, 2.45) is 5.92 Å². The van der Waals surface area contributed by atoms with Crippen LogP contribution < -0.4 is 9.62 Å². The first-order valence-electron chi connectivity index (χ1n) is 6.21. The lowest BCUT2D eigenvalue weighted by atomic mass is 10.1. The van der Waals surface area contributed by atoms with Gasteiger partial charge in [0, 0.05) is 12.6 Å². The Hall–Kier alpha value is -1.07. The Morgan fingerprint density at radius 3 is 2.39 bits per heavy atom. The molecule has 0 aromatic heterocycles. The number of anilines is 1. The molecule has 1 saturated heterocycles. The first kappa shape index (κ1) is 13.4. The predicted molar refractivity (Wildman–Crippen MR) is 74.2 cm³/mol. The Kier molecular flexibility index (Phi) is 3.64. The lowest BCUT2D eigenvalue weighted by molar-refractivity contribution is 0.598. The van der Waals surface area contributed by atoms with E-state index in [2.05, 4.69) is 12.2 Å². The molecule has 2 unspecified atom stereocenters. The van der Waals surface area contributed by atoms with Gasteiger partial charge in [0.1, 0.15) is 0 Å². The molecule has 1 heterocycles. The molecule has 5 heteroatoms. The molecule has 1 aliphatic heterocycles. The first-order chi connectivity index (χ1) is 8.44. The Balaban J connectivity index is 2.25. The molecule has 0 spiro atoms. The van der Waals surface area contributed by atoms with Crippen LogP contribution in [0.5, 0.6) is 0 Å². The third-order valence-corrected chi connectivity index (χ3v) is 5.44. The summed E-state index contributed by atoms with van der Waals surface area (Å²) in [5.74, 6) is 0.452. The van der Waals surface area contributed by atoms with Crippen molar-refractivity contribution < 1.29 is 8.42 Å². The fraction of sp³-hybridized carbons (Fsp3) is 0.538. The van der Waals surface area contributed by atoms with Gasteiger partial charge in [0.25, 0.3) is 0 Å². The van der Waals surface area contributed by atoms with Crippen molar-refractivity contribution in [2.75, 3.05) is 23.7 Å². The molecule has 1 aliphatic rings. The van der Waals surface area contributed by atoms with Crippen LogP contribution in [0.2, 0.25) is 0 Å². The van der Waals surface area contributed by atoms with E-state index in [1.165, 1.54) is 4.31 Å². The smallest absolute Gasteiger partial charge is 0.235 e. The Morgan fingerprint density at radius 2 is 1.94 bits per heavy atom. The summed E-state index contributed by atoms with van der Waals surface area (Å²) >= 11 is 0. The minimum Gasteiger partial charge on any atom is -0.313 e. The van der Waals surface area contributed by atoms with Crippen molar-refractivity contribution in [3.05, 3.63) is 29.8 Å². The minimum atomic E-state index is -3.11. The maximum Gasteiger partial charge on any atom is 0.235 e. The van der Waals surface area contributed by atoms with Crippen LogP contribution in [0.15, 0.2) is 24.3 Å². The second-order valence-electron chi connectivity index (χ2n) is 5.02. The molecule has 1 N–H and O–H groups in total. The maximum atomic E-state index is 12.0. The lowest BCUT2D eigenvalue weighted by Crippen LogP contribution is -2.25. The second-order valence-corrected chi connectivity index (χ2v) is 6.95. The van der Waals surface area contributed by atoms with Crippen LogP contribution in [0.25, 0.3) is 0 Å². The summed E-state index contributed by atoms with van der Waals surface area (Å²) in [6.07, 6.45) is 0. The number of nitrogens with one attached hydrogen (secondary N) is 1. The molecule has 4 nitrogen and oxygen atoms in total. The van der Waals surface area contributed by atoms with Gasteiger partial charge in [0.2, 0.25) is 10.0 Å². The van der Waals surface area contributed by atoms with E-state index >= 15 is 0 Å². The number of nitrogens with zero attached hydrogens (tertiary/aromatic N) is 1.